The van der Waals surface area contributed by atoms with Crippen molar-refractivity contribution in [2.24, 2.45) is 0 Å². The van der Waals surface area contributed by atoms with Gasteiger partial charge in [-0.05, 0) is 101 Å². The van der Waals surface area contributed by atoms with Crippen LogP contribution in [0.2, 0.25) is 0 Å². The van der Waals surface area contributed by atoms with Crippen LogP contribution < -0.4 is 10.6 Å². The number of fused-ring (bicyclic) bond motifs is 2. The maximum atomic E-state index is 14.1. The van der Waals surface area contributed by atoms with E-state index in [2.05, 4.69) is 85.3 Å². The number of carbonyl (C=O) groups is 4. The Kier molecular flexibility index (Phi) is 15.0. The van der Waals surface area contributed by atoms with Crippen molar-refractivity contribution >= 4 is 57.2 Å². The normalized spacial score (nSPS) is 17.6. The van der Waals surface area contributed by atoms with Crippen molar-refractivity contribution in [3.8, 4) is 22.9 Å². The van der Waals surface area contributed by atoms with Crippen molar-refractivity contribution in [3.05, 3.63) is 167 Å². The second-order valence-corrected chi connectivity index (χ2v) is 21.9. The van der Waals surface area contributed by atoms with E-state index >= 15 is 0 Å². The van der Waals surface area contributed by atoms with Crippen LogP contribution in [0.25, 0.3) is 45.1 Å². The largest absolute Gasteiger partial charge is 0.436 e. The molecule has 10 aromatic rings. The molecule has 26 heteroatoms. The number of benzene rings is 4. The molecule has 14 rings (SSSR count). The van der Waals surface area contributed by atoms with Gasteiger partial charge in [-0.2, -0.15) is 9.59 Å². The fraction of sp³-hybridized carbons (Fsp3) is 0.311. The summed E-state index contributed by atoms with van der Waals surface area (Å²) < 4.78 is 23.1. The first kappa shape index (κ1) is 54.9. The lowest BCUT2D eigenvalue weighted by atomic mass is 10.0. The molecule has 4 fully saturated rings. The number of carbonyl (C=O) groups excluding carboxylic acids is 4. The van der Waals surface area contributed by atoms with E-state index in [4.69, 9.17) is 28.5 Å². The highest BCUT2D eigenvalue weighted by atomic mass is 16.5. The minimum Gasteiger partial charge on any atom is -0.436 e. The molecule has 4 aromatic carbocycles. The summed E-state index contributed by atoms with van der Waals surface area (Å²) >= 11 is 0. The van der Waals surface area contributed by atoms with Crippen molar-refractivity contribution in [1.82, 2.24) is 80.0 Å². The first-order chi connectivity index (χ1) is 42.6. The van der Waals surface area contributed by atoms with Gasteiger partial charge in [0.25, 0.3) is 17.7 Å². The number of tetrazole rings is 2. The van der Waals surface area contributed by atoms with Gasteiger partial charge in [0.1, 0.15) is 34.6 Å². The van der Waals surface area contributed by atoms with Crippen molar-refractivity contribution in [3.63, 3.8) is 0 Å². The molecule has 3 atom stereocenters. The van der Waals surface area contributed by atoms with Gasteiger partial charge in [-0.1, -0.05) is 54.6 Å². The minimum absolute atomic E-state index is 0.0110. The smallest absolute Gasteiger partial charge is 0.272 e. The fourth-order valence-electron chi connectivity index (χ4n) is 11.5. The van der Waals surface area contributed by atoms with E-state index in [1.807, 2.05) is 30.3 Å². The predicted molar refractivity (Wildman–Crippen MR) is 313 cm³/mol. The third-order valence-electron chi connectivity index (χ3n) is 16.1. The van der Waals surface area contributed by atoms with E-state index < -0.39 is 6.10 Å². The van der Waals surface area contributed by atoms with E-state index in [1.54, 1.807) is 92.5 Å². The Balaban J connectivity index is 0.627. The quantitative estimate of drug-likeness (QED) is 0.115. The summed E-state index contributed by atoms with van der Waals surface area (Å²) in [6.07, 6.45) is 4.24. The molecule has 4 amide bonds. The van der Waals surface area contributed by atoms with Gasteiger partial charge < -0.3 is 38.7 Å². The van der Waals surface area contributed by atoms with Crippen LogP contribution in [0.1, 0.15) is 87.2 Å². The van der Waals surface area contributed by atoms with Crippen LogP contribution in [0.3, 0.4) is 0 Å². The van der Waals surface area contributed by atoms with Crippen molar-refractivity contribution in [1.29, 1.82) is 0 Å². The van der Waals surface area contributed by atoms with Crippen LogP contribution in [-0.2, 0) is 25.6 Å². The van der Waals surface area contributed by atoms with Gasteiger partial charge in [-0.3, -0.25) is 38.9 Å². The zero-order valence-corrected chi connectivity index (χ0v) is 47.3. The number of hydrogen-bond acceptors (Lipinski definition) is 20. The molecule has 26 nitrogen and oxygen atoms in total. The number of nitrogens with zero attached hydrogens (tertiary/aromatic N) is 16. The van der Waals surface area contributed by atoms with Gasteiger partial charge in [0.15, 0.2) is 22.8 Å². The molecular formula is C61H58N18O8. The van der Waals surface area contributed by atoms with Gasteiger partial charge >= 0.3 is 0 Å². The Bertz CT molecular complexity index is 4160. The predicted octanol–water partition coefficient (Wildman–Crippen LogP) is 5.86. The van der Waals surface area contributed by atoms with Crippen molar-refractivity contribution in [2.75, 3.05) is 82.8 Å². The molecule has 0 saturated carbocycles. The summed E-state index contributed by atoms with van der Waals surface area (Å²) in [5.41, 5.74) is 8.07. The lowest BCUT2D eigenvalue weighted by molar-refractivity contribution is -0.124. The van der Waals surface area contributed by atoms with Gasteiger partial charge in [0.05, 0.1) is 31.8 Å². The van der Waals surface area contributed by atoms with E-state index in [0.29, 0.717) is 153 Å². The molecule has 4 aliphatic heterocycles. The van der Waals surface area contributed by atoms with E-state index in [9.17, 15) is 19.2 Å². The van der Waals surface area contributed by atoms with Gasteiger partial charge in [0, 0.05) is 101 Å². The number of ether oxygens (including phenoxy) is 2. The molecule has 87 heavy (non-hydrogen) atoms. The number of anilines is 2. The highest BCUT2D eigenvalue weighted by Gasteiger charge is 2.35. The number of nitrogens with one attached hydrogen (secondary N) is 2. The summed E-state index contributed by atoms with van der Waals surface area (Å²) in [5.74, 6) is 0.958. The molecule has 4 saturated heterocycles. The van der Waals surface area contributed by atoms with Crippen molar-refractivity contribution < 1.29 is 37.5 Å². The molecule has 0 spiro atoms. The second kappa shape index (κ2) is 23.8. The fourth-order valence-corrected chi connectivity index (χ4v) is 11.5. The van der Waals surface area contributed by atoms with Crippen LogP contribution in [0.15, 0.2) is 136 Å². The zero-order chi connectivity index (χ0) is 59.0. The first-order valence-corrected chi connectivity index (χ1v) is 28.9. The van der Waals surface area contributed by atoms with Gasteiger partial charge in [-0.15, -0.1) is 20.4 Å². The highest BCUT2D eigenvalue weighted by Crippen LogP contribution is 2.33. The maximum absolute atomic E-state index is 14.1. The molecule has 0 radical (unpaired) electrons. The third kappa shape index (κ3) is 11.6. The van der Waals surface area contributed by atoms with Crippen LogP contribution in [0.4, 0.5) is 11.4 Å². The summed E-state index contributed by atoms with van der Waals surface area (Å²) in [4.78, 5) is 82.0. The number of amides is 4. The molecule has 10 heterocycles. The maximum Gasteiger partial charge on any atom is 0.272 e. The molecule has 440 valence electrons. The summed E-state index contributed by atoms with van der Waals surface area (Å²) in [6.45, 7) is 7.27. The van der Waals surface area contributed by atoms with Gasteiger partial charge in [0.2, 0.25) is 17.7 Å². The van der Waals surface area contributed by atoms with Gasteiger partial charge in [-0.25, -0.2) is 9.97 Å². The summed E-state index contributed by atoms with van der Waals surface area (Å²) in [7, 11) is 0. The second-order valence-electron chi connectivity index (χ2n) is 21.9. The SMILES string of the molecule is CC(=O)Nc1ccc2oc(-c3ccnc(C(=O)N4CCN(C(c5ccc(Cn6nnc(C(c7ccccc7)N7CCN(C(=O)c8cc(-c9nc%10cc(NC(=O)C%11CCCO%11)ccc%10o9)ccn8)CC7)n6)cc5)c5nnn(C6COC6)n5)CC4)c3)nc2c1. The molecular weight excluding hydrogens is 1110 g/mol. The molecule has 6 aromatic heterocycles. The summed E-state index contributed by atoms with van der Waals surface area (Å²) in [6, 6.07) is 35.0. The number of pyridine rings is 2. The lowest BCUT2D eigenvalue weighted by Crippen LogP contribution is -2.50. The molecule has 3 unspecified atom stereocenters. The van der Waals surface area contributed by atoms with Crippen LogP contribution in [0.5, 0.6) is 0 Å². The molecule has 2 N–H and O–H groups in total. The van der Waals surface area contributed by atoms with Crippen LogP contribution >= 0.6 is 0 Å². The standard InChI is InChI=1S/C61H58N18O8/c1-37(80)64-43-13-15-50-46(32-43)66-58(86-50)41-17-19-62-48(30-41)61(83)77-27-23-75(24-28-77)54(56-69-73-79(71-56)45-35-84-36-45)40-11-9-38(10-12-40)34-78-70-55(68-72-78)53(39-6-3-2-4-7-39)74-21-25-76(26-22-74)60(82)49-31-42(18-20-63-49)59-67-47-33-44(14-16-51(47)87-59)65-57(81)52-8-5-29-85-52/h2-4,6-7,9-20,30-33,45,52-54H,5,8,21-29,34-36H2,1H3,(H,64,80)(H,65,81). The number of oxazole rings is 2. The van der Waals surface area contributed by atoms with E-state index in [1.165, 1.54) is 6.92 Å². The number of aromatic nitrogens is 12. The number of piperazine rings is 2. The Morgan fingerprint density at radius 3 is 1.72 bits per heavy atom. The average Bonchev–Trinajstić information content (AvgIpc) is 3.12. The van der Waals surface area contributed by atoms with Crippen molar-refractivity contribution in [2.45, 2.75) is 50.5 Å². The number of rotatable bonds is 16. The minimum atomic E-state index is -0.458. The highest BCUT2D eigenvalue weighted by molar-refractivity contribution is 5.97. The monoisotopic (exact) mass is 1170 g/mol. The Labute approximate surface area is 496 Å². The van der Waals surface area contributed by atoms with Crippen LogP contribution in [0, 0.1) is 0 Å². The lowest BCUT2D eigenvalue weighted by Gasteiger charge is -2.38. The Morgan fingerprint density at radius 1 is 0.609 bits per heavy atom. The van der Waals surface area contributed by atoms with Crippen LogP contribution in [-0.4, -0.2) is 182 Å². The van der Waals surface area contributed by atoms with E-state index in [-0.39, 0.29) is 53.1 Å². The third-order valence-corrected chi connectivity index (χ3v) is 16.1. The zero-order valence-electron chi connectivity index (χ0n) is 47.3. The van der Waals surface area contributed by atoms with E-state index in [0.717, 1.165) is 23.1 Å². The molecule has 0 aliphatic carbocycles. The Morgan fingerprint density at radius 2 is 1.17 bits per heavy atom. The topological polar surface area (TPSA) is 289 Å². The molecule has 0 bridgehead atoms. The number of hydrogen-bond donors (Lipinski definition) is 2. The molecule has 4 aliphatic rings. The average molecular weight is 1170 g/mol. The first-order valence-electron chi connectivity index (χ1n) is 28.9. The Hall–Kier alpha value is -10.0. The summed E-state index contributed by atoms with van der Waals surface area (Å²) in [5, 5.41) is 33.7.